The Morgan fingerprint density at radius 3 is 2.79 bits per heavy atom. The molecule has 104 valence electrons. The van der Waals surface area contributed by atoms with Crippen LogP contribution in [-0.4, -0.2) is 7.11 Å². The summed E-state index contributed by atoms with van der Waals surface area (Å²) in [5.41, 5.74) is 1.60. The highest BCUT2D eigenvalue weighted by Gasteiger charge is 2.46. The minimum atomic E-state index is 0.802. The van der Waals surface area contributed by atoms with Crippen LogP contribution in [0.25, 0.3) is 0 Å². The molecule has 0 saturated heterocycles. The van der Waals surface area contributed by atoms with Gasteiger partial charge in [-0.2, -0.15) is 0 Å². The van der Waals surface area contributed by atoms with Crippen molar-refractivity contribution in [2.24, 2.45) is 29.6 Å². The largest absolute Gasteiger partial charge is 0.501 e. The highest BCUT2D eigenvalue weighted by atomic mass is 16.5. The third-order valence-electron chi connectivity index (χ3n) is 6.52. The van der Waals surface area contributed by atoms with E-state index in [0.717, 1.165) is 29.6 Å². The van der Waals surface area contributed by atoms with Gasteiger partial charge in [-0.1, -0.05) is 25.3 Å². The second kappa shape index (κ2) is 4.68. The zero-order valence-corrected chi connectivity index (χ0v) is 12.1. The molecular formula is C18H26O. The van der Waals surface area contributed by atoms with Gasteiger partial charge in [0.1, 0.15) is 0 Å². The second-order valence-corrected chi connectivity index (χ2v) is 7.18. The van der Waals surface area contributed by atoms with Crippen LogP contribution in [0, 0.1) is 29.6 Å². The summed E-state index contributed by atoms with van der Waals surface area (Å²) >= 11 is 0. The minimum Gasteiger partial charge on any atom is -0.501 e. The highest BCUT2D eigenvalue weighted by molar-refractivity contribution is 5.34. The number of hydrogen-bond acceptors (Lipinski definition) is 1. The Bertz CT molecular complexity index is 419. The van der Waals surface area contributed by atoms with Crippen molar-refractivity contribution < 1.29 is 4.74 Å². The topological polar surface area (TPSA) is 9.23 Å². The van der Waals surface area contributed by atoms with E-state index in [9.17, 15) is 0 Å². The number of fused-ring (bicyclic) bond motifs is 5. The maximum atomic E-state index is 5.51. The second-order valence-electron chi connectivity index (χ2n) is 7.18. The molecule has 0 amide bonds. The Kier molecular flexibility index (Phi) is 2.97. The van der Waals surface area contributed by atoms with Crippen LogP contribution in [0.15, 0.2) is 23.5 Å². The molecule has 0 bridgehead atoms. The molecule has 2 saturated carbocycles. The van der Waals surface area contributed by atoms with E-state index in [1.54, 1.807) is 5.57 Å². The Balaban J connectivity index is 1.57. The van der Waals surface area contributed by atoms with Gasteiger partial charge in [0.05, 0.1) is 12.9 Å². The first-order chi connectivity index (χ1) is 9.36. The molecule has 4 rings (SSSR count). The third-order valence-corrected chi connectivity index (χ3v) is 6.52. The molecule has 4 aliphatic rings. The summed E-state index contributed by atoms with van der Waals surface area (Å²) < 4.78 is 5.51. The van der Waals surface area contributed by atoms with Crippen molar-refractivity contribution in [2.75, 3.05) is 7.11 Å². The summed E-state index contributed by atoms with van der Waals surface area (Å²) in [5, 5.41) is 0. The first-order valence-corrected chi connectivity index (χ1v) is 8.31. The predicted octanol–water partition coefficient (Wildman–Crippen LogP) is 4.70. The van der Waals surface area contributed by atoms with Gasteiger partial charge in [-0.05, 0) is 66.9 Å². The lowest BCUT2D eigenvalue weighted by Gasteiger charge is -2.49. The van der Waals surface area contributed by atoms with Crippen LogP contribution >= 0.6 is 0 Å². The molecule has 2 fully saturated rings. The van der Waals surface area contributed by atoms with Gasteiger partial charge in [-0.15, -0.1) is 0 Å². The van der Waals surface area contributed by atoms with Gasteiger partial charge >= 0.3 is 0 Å². The van der Waals surface area contributed by atoms with Crippen molar-refractivity contribution in [3.8, 4) is 0 Å². The summed E-state index contributed by atoms with van der Waals surface area (Å²) in [6.45, 7) is 0. The summed E-state index contributed by atoms with van der Waals surface area (Å²) in [6, 6.07) is 0. The fourth-order valence-electron chi connectivity index (χ4n) is 5.66. The van der Waals surface area contributed by atoms with Crippen LogP contribution in [0.2, 0.25) is 0 Å². The summed E-state index contributed by atoms with van der Waals surface area (Å²) in [6.07, 6.45) is 16.4. The molecule has 0 aromatic rings. The molecule has 1 nitrogen and oxygen atoms in total. The van der Waals surface area contributed by atoms with E-state index in [2.05, 4.69) is 12.2 Å². The van der Waals surface area contributed by atoms with Crippen LogP contribution in [0.3, 0.4) is 0 Å². The maximum Gasteiger partial charge on any atom is 0.0964 e. The average molecular weight is 258 g/mol. The average Bonchev–Trinajstić information content (AvgIpc) is 2.90. The molecular weight excluding hydrogens is 232 g/mol. The number of allylic oxidation sites excluding steroid dienone is 4. The first kappa shape index (κ1) is 12.1. The van der Waals surface area contributed by atoms with Crippen LogP contribution < -0.4 is 0 Å². The first-order valence-electron chi connectivity index (χ1n) is 8.31. The Hall–Kier alpha value is -0.720. The van der Waals surface area contributed by atoms with Gasteiger partial charge in [0.25, 0.3) is 0 Å². The van der Waals surface area contributed by atoms with Crippen LogP contribution in [0.5, 0.6) is 0 Å². The van der Waals surface area contributed by atoms with E-state index in [1.165, 1.54) is 57.1 Å². The fourth-order valence-corrected chi connectivity index (χ4v) is 5.66. The molecule has 0 spiro atoms. The molecule has 4 aliphatic carbocycles. The van der Waals surface area contributed by atoms with Gasteiger partial charge in [0.2, 0.25) is 0 Å². The molecule has 1 heteroatoms. The van der Waals surface area contributed by atoms with Crippen LogP contribution in [0.1, 0.15) is 51.4 Å². The van der Waals surface area contributed by atoms with Crippen molar-refractivity contribution >= 4 is 0 Å². The van der Waals surface area contributed by atoms with E-state index in [-0.39, 0.29) is 0 Å². The van der Waals surface area contributed by atoms with Crippen LogP contribution in [0.4, 0.5) is 0 Å². The highest BCUT2D eigenvalue weighted by Crippen LogP contribution is 2.55. The monoisotopic (exact) mass is 258 g/mol. The summed E-state index contributed by atoms with van der Waals surface area (Å²) in [7, 11) is 1.83. The zero-order valence-electron chi connectivity index (χ0n) is 12.1. The van der Waals surface area contributed by atoms with E-state index < -0.39 is 0 Å². The van der Waals surface area contributed by atoms with E-state index in [4.69, 9.17) is 4.74 Å². The van der Waals surface area contributed by atoms with Crippen molar-refractivity contribution in [1.29, 1.82) is 0 Å². The Morgan fingerprint density at radius 1 is 1.00 bits per heavy atom. The molecule has 0 radical (unpaired) electrons. The number of rotatable bonds is 1. The molecule has 0 heterocycles. The van der Waals surface area contributed by atoms with Crippen molar-refractivity contribution in [3.05, 3.63) is 23.5 Å². The zero-order chi connectivity index (χ0) is 12.8. The molecule has 0 aromatic heterocycles. The lowest BCUT2D eigenvalue weighted by Crippen LogP contribution is -2.41. The lowest BCUT2D eigenvalue weighted by atomic mass is 9.56. The SMILES string of the molecule is COC1=CC2=CC[C@H]3[C@@H](CCC4CCCC[C@@H]43)[C@@H]2C1. The number of hydrogen-bond donors (Lipinski definition) is 0. The lowest BCUT2D eigenvalue weighted by molar-refractivity contribution is 0.0290. The van der Waals surface area contributed by atoms with E-state index >= 15 is 0 Å². The quantitative estimate of drug-likeness (QED) is 0.662. The Morgan fingerprint density at radius 2 is 1.89 bits per heavy atom. The third kappa shape index (κ3) is 1.88. The fraction of sp³-hybridized carbons (Fsp3) is 0.778. The van der Waals surface area contributed by atoms with Crippen molar-refractivity contribution in [3.63, 3.8) is 0 Å². The molecule has 0 aliphatic heterocycles. The van der Waals surface area contributed by atoms with Gasteiger partial charge in [-0.25, -0.2) is 0 Å². The van der Waals surface area contributed by atoms with E-state index in [1.807, 2.05) is 7.11 Å². The van der Waals surface area contributed by atoms with Gasteiger partial charge in [-0.3, -0.25) is 0 Å². The van der Waals surface area contributed by atoms with Gasteiger partial charge in [0, 0.05) is 6.42 Å². The van der Waals surface area contributed by atoms with Crippen molar-refractivity contribution in [2.45, 2.75) is 51.4 Å². The molecule has 0 aromatic carbocycles. The van der Waals surface area contributed by atoms with Gasteiger partial charge in [0.15, 0.2) is 0 Å². The molecule has 0 N–H and O–H groups in total. The number of methoxy groups -OCH3 is 1. The molecule has 1 unspecified atom stereocenters. The van der Waals surface area contributed by atoms with Crippen molar-refractivity contribution in [1.82, 2.24) is 0 Å². The smallest absolute Gasteiger partial charge is 0.0964 e. The Labute approximate surface area is 117 Å². The minimum absolute atomic E-state index is 0.802. The summed E-state index contributed by atoms with van der Waals surface area (Å²) in [5.74, 6) is 6.11. The van der Waals surface area contributed by atoms with Crippen LogP contribution in [-0.2, 0) is 4.74 Å². The summed E-state index contributed by atoms with van der Waals surface area (Å²) in [4.78, 5) is 0. The standard InChI is InChI=1S/C18H26O/c1-19-14-10-13-7-9-16-15-5-3-2-4-12(15)6-8-17(16)18(13)11-14/h7,10,12,15-18H,2-6,8-9,11H2,1H3/t12?,15-,16+,17+,18+/m0/s1. The number of ether oxygens (including phenoxy) is 1. The van der Waals surface area contributed by atoms with E-state index in [0.29, 0.717) is 0 Å². The maximum absolute atomic E-state index is 5.51. The molecule has 5 atom stereocenters. The predicted molar refractivity (Wildman–Crippen MR) is 77.6 cm³/mol. The van der Waals surface area contributed by atoms with Gasteiger partial charge < -0.3 is 4.74 Å². The normalized spacial score (nSPS) is 44.6. The molecule has 19 heavy (non-hydrogen) atoms.